The molecule has 3 N–H and O–H groups in total. The summed E-state index contributed by atoms with van der Waals surface area (Å²) < 4.78 is 0. The molecule has 1 saturated heterocycles. The summed E-state index contributed by atoms with van der Waals surface area (Å²) in [4.78, 5) is 26.7. The number of primary amides is 1. The standard InChI is InChI=1S/C24H25N3O2/c25-23(28)21-10-3-4-11-22(21)26-24(29)18-12-14-27(15-13-18)16-19-8-5-7-17-6-1-2-9-20(17)19/h1-11,18H,12-16H2,(H2,25,28)(H,26,29). The normalized spacial score (nSPS) is 15.3. The number of amides is 2. The van der Waals surface area contributed by atoms with Gasteiger partial charge in [-0.2, -0.15) is 0 Å². The molecule has 0 spiro atoms. The zero-order chi connectivity index (χ0) is 20.2. The molecule has 0 aliphatic carbocycles. The molecule has 148 valence electrons. The maximum Gasteiger partial charge on any atom is 0.250 e. The summed E-state index contributed by atoms with van der Waals surface area (Å²) in [7, 11) is 0. The van der Waals surface area contributed by atoms with Crippen LogP contribution in [0.4, 0.5) is 5.69 Å². The van der Waals surface area contributed by atoms with Gasteiger partial charge in [-0.3, -0.25) is 14.5 Å². The van der Waals surface area contributed by atoms with Crippen molar-refractivity contribution < 1.29 is 9.59 Å². The van der Waals surface area contributed by atoms with Gasteiger partial charge in [0.25, 0.3) is 5.91 Å². The van der Waals surface area contributed by atoms with Crippen LogP contribution in [0, 0.1) is 5.92 Å². The Kier molecular flexibility index (Phi) is 5.58. The van der Waals surface area contributed by atoms with Crippen LogP contribution in [0.3, 0.4) is 0 Å². The zero-order valence-electron chi connectivity index (χ0n) is 16.3. The Hall–Kier alpha value is -3.18. The molecule has 0 unspecified atom stereocenters. The zero-order valence-corrected chi connectivity index (χ0v) is 16.3. The first-order chi connectivity index (χ1) is 14.1. The van der Waals surface area contributed by atoms with Crippen molar-refractivity contribution in [3.63, 3.8) is 0 Å². The van der Waals surface area contributed by atoms with E-state index < -0.39 is 5.91 Å². The van der Waals surface area contributed by atoms with Crippen LogP contribution in [0.1, 0.15) is 28.8 Å². The van der Waals surface area contributed by atoms with Gasteiger partial charge in [0.15, 0.2) is 0 Å². The number of anilines is 1. The minimum atomic E-state index is -0.536. The van der Waals surface area contributed by atoms with Gasteiger partial charge in [-0.15, -0.1) is 0 Å². The monoisotopic (exact) mass is 387 g/mol. The molecule has 5 heteroatoms. The number of piperidine rings is 1. The molecule has 0 aromatic heterocycles. The van der Waals surface area contributed by atoms with Crippen LogP contribution < -0.4 is 11.1 Å². The van der Waals surface area contributed by atoms with E-state index in [1.165, 1.54) is 16.3 Å². The van der Waals surface area contributed by atoms with Crippen molar-refractivity contribution in [2.75, 3.05) is 18.4 Å². The number of carbonyl (C=O) groups excluding carboxylic acids is 2. The van der Waals surface area contributed by atoms with Gasteiger partial charge in [-0.25, -0.2) is 0 Å². The van der Waals surface area contributed by atoms with Crippen molar-refractivity contribution >= 4 is 28.3 Å². The molecule has 0 bridgehead atoms. The van der Waals surface area contributed by atoms with Gasteiger partial charge in [-0.1, -0.05) is 54.6 Å². The lowest BCUT2D eigenvalue weighted by Crippen LogP contribution is -2.38. The fraction of sp³-hybridized carbons (Fsp3) is 0.250. The van der Waals surface area contributed by atoms with Crippen LogP contribution >= 0.6 is 0 Å². The third-order valence-corrected chi connectivity index (χ3v) is 5.68. The lowest BCUT2D eigenvalue weighted by atomic mass is 9.94. The number of nitrogens with one attached hydrogen (secondary N) is 1. The molecule has 3 aromatic carbocycles. The van der Waals surface area contributed by atoms with Crippen LogP contribution in [0.15, 0.2) is 66.7 Å². The summed E-state index contributed by atoms with van der Waals surface area (Å²) in [5, 5.41) is 5.44. The smallest absolute Gasteiger partial charge is 0.250 e. The minimum absolute atomic E-state index is 0.0384. The molecule has 0 saturated carbocycles. The molecule has 1 aliphatic rings. The van der Waals surface area contributed by atoms with Crippen LogP contribution in [0.25, 0.3) is 10.8 Å². The van der Waals surface area contributed by atoms with Crippen LogP contribution in [0.5, 0.6) is 0 Å². The Bertz CT molecular complexity index is 1030. The van der Waals surface area contributed by atoms with Gasteiger partial charge in [0.2, 0.25) is 5.91 Å². The van der Waals surface area contributed by atoms with Gasteiger partial charge in [-0.05, 0) is 54.4 Å². The molecule has 2 amide bonds. The Morgan fingerprint density at radius 1 is 0.931 bits per heavy atom. The molecule has 1 aliphatic heterocycles. The summed E-state index contributed by atoms with van der Waals surface area (Å²) in [6.45, 7) is 2.64. The van der Waals surface area contributed by atoms with E-state index in [1.807, 2.05) is 0 Å². The highest BCUT2D eigenvalue weighted by Crippen LogP contribution is 2.25. The van der Waals surface area contributed by atoms with E-state index in [9.17, 15) is 9.59 Å². The predicted molar refractivity (Wildman–Crippen MR) is 116 cm³/mol. The molecular weight excluding hydrogens is 362 g/mol. The molecule has 4 rings (SSSR count). The molecule has 1 heterocycles. The third-order valence-electron chi connectivity index (χ3n) is 5.68. The van der Waals surface area contributed by atoms with Crippen molar-refractivity contribution in [3.8, 4) is 0 Å². The number of carbonyl (C=O) groups is 2. The molecule has 29 heavy (non-hydrogen) atoms. The van der Waals surface area contributed by atoms with Crippen molar-refractivity contribution in [2.45, 2.75) is 19.4 Å². The van der Waals surface area contributed by atoms with E-state index in [0.29, 0.717) is 11.3 Å². The Balaban J connectivity index is 1.37. The number of nitrogens with two attached hydrogens (primary N) is 1. The number of hydrogen-bond acceptors (Lipinski definition) is 3. The van der Waals surface area contributed by atoms with Crippen LogP contribution in [-0.2, 0) is 11.3 Å². The largest absolute Gasteiger partial charge is 0.366 e. The fourth-order valence-electron chi connectivity index (χ4n) is 4.07. The molecule has 3 aromatic rings. The Morgan fingerprint density at radius 2 is 1.62 bits per heavy atom. The van der Waals surface area contributed by atoms with Crippen LogP contribution in [-0.4, -0.2) is 29.8 Å². The number of likely N-dealkylation sites (tertiary alicyclic amines) is 1. The maximum atomic E-state index is 12.7. The maximum absolute atomic E-state index is 12.7. The van der Waals surface area contributed by atoms with Gasteiger partial charge < -0.3 is 11.1 Å². The lowest BCUT2D eigenvalue weighted by Gasteiger charge is -2.31. The van der Waals surface area contributed by atoms with Gasteiger partial charge >= 0.3 is 0 Å². The Morgan fingerprint density at radius 3 is 2.41 bits per heavy atom. The highest BCUT2D eigenvalue weighted by molar-refractivity contribution is 6.03. The number of rotatable bonds is 5. The molecule has 0 radical (unpaired) electrons. The minimum Gasteiger partial charge on any atom is -0.366 e. The van der Waals surface area contributed by atoms with Gasteiger partial charge in [0.05, 0.1) is 11.3 Å². The summed E-state index contributed by atoms with van der Waals surface area (Å²) >= 11 is 0. The number of hydrogen-bond donors (Lipinski definition) is 2. The average molecular weight is 387 g/mol. The first kappa shape index (κ1) is 19.2. The summed E-state index contributed by atoms with van der Waals surface area (Å²) in [6, 6.07) is 21.7. The first-order valence-corrected chi connectivity index (χ1v) is 10.0. The predicted octanol–water partition coefficient (Wildman–Crippen LogP) is 3.79. The molecule has 0 atom stereocenters. The molecule has 1 fully saturated rings. The summed E-state index contributed by atoms with van der Waals surface area (Å²) in [5.74, 6) is -0.631. The number of fused-ring (bicyclic) bond motifs is 1. The van der Waals surface area contributed by atoms with E-state index in [4.69, 9.17) is 5.73 Å². The number of benzene rings is 3. The summed E-state index contributed by atoms with van der Waals surface area (Å²) in [5.41, 5.74) is 7.55. The quantitative estimate of drug-likeness (QED) is 0.699. The van der Waals surface area contributed by atoms with Crippen molar-refractivity contribution in [2.24, 2.45) is 11.7 Å². The van der Waals surface area contributed by atoms with Gasteiger partial charge in [0, 0.05) is 12.5 Å². The Labute approximate surface area is 170 Å². The van der Waals surface area contributed by atoms with E-state index in [-0.39, 0.29) is 11.8 Å². The van der Waals surface area contributed by atoms with Crippen molar-refractivity contribution in [3.05, 3.63) is 77.9 Å². The second-order valence-electron chi connectivity index (χ2n) is 7.59. The van der Waals surface area contributed by atoms with E-state index in [2.05, 4.69) is 52.7 Å². The number of para-hydroxylation sites is 1. The lowest BCUT2D eigenvalue weighted by molar-refractivity contribution is -0.121. The third kappa shape index (κ3) is 4.30. The second-order valence-corrected chi connectivity index (χ2v) is 7.59. The summed E-state index contributed by atoms with van der Waals surface area (Å²) in [6.07, 6.45) is 1.60. The van der Waals surface area contributed by atoms with E-state index in [1.54, 1.807) is 24.3 Å². The number of nitrogens with zero attached hydrogens (tertiary/aromatic N) is 1. The van der Waals surface area contributed by atoms with E-state index >= 15 is 0 Å². The second kappa shape index (κ2) is 8.45. The SMILES string of the molecule is NC(=O)c1ccccc1NC(=O)C1CCN(Cc2cccc3ccccc23)CC1. The molecule has 5 nitrogen and oxygen atoms in total. The van der Waals surface area contributed by atoms with Gasteiger partial charge in [0.1, 0.15) is 0 Å². The van der Waals surface area contributed by atoms with Crippen molar-refractivity contribution in [1.82, 2.24) is 4.90 Å². The highest BCUT2D eigenvalue weighted by Gasteiger charge is 2.26. The van der Waals surface area contributed by atoms with Crippen molar-refractivity contribution in [1.29, 1.82) is 0 Å². The first-order valence-electron chi connectivity index (χ1n) is 10.0. The van der Waals surface area contributed by atoms with Crippen LogP contribution in [0.2, 0.25) is 0 Å². The fourth-order valence-corrected chi connectivity index (χ4v) is 4.07. The topological polar surface area (TPSA) is 75.4 Å². The highest BCUT2D eigenvalue weighted by atomic mass is 16.2. The van der Waals surface area contributed by atoms with E-state index in [0.717, 1.165) is 32.5 Å². The average Bonchev–Trinajstić information content (AvgIpc) is 2.75. The molecular formula is C24H25N3O2.